The Kier molecular flexibility index (Phi) is 58.9. The van der Waals surface area contributed by atoms with E-state index in [0.29, 0.717) is 12.8 Å². The summed E-state index contributed by atoms with van der Waals surface area (Å²) in [6.07, 6.45) is 86.5. The molecule has 0 radical (unpaired) electrons. The molecule has 0 aliphatic carbocycles. The first-order chi connectivity index (χ1) is 37.0. The Hall–Kier alpha value is -4.19. The third-order valence-electron chi connectivity index (χ3n) is 13.0. The van der Waals surface area contributed by atoms with Gasteiger partial charge in [0.1, 0.15) is 13.2 Å². The van der Waals surface area contributed by atoms with E-state index < -0.39 is 12.1 Å². The fraction of sp³-hybridized carbons (Fsp3) is 0.667. The van der Waals surface area contributed by atoms with Crippen LogP contribution in [0.3, 0.4) is 0 Å². The van der Waals surface area contributed by atoms with Crippen LogP contribution in [0.25, 0.3) is 0 Å². The Morgan fingerprint density at radius 3 is 0.933 bits per heavy atom. The number of rotatable bonds is 55. The van der Waals surface area contributed by atoms with Gasteiger partial charge < -0.3 is 14.2 Å². The van der Waals surface area contributed by atoms with E-state index in [1.54, 1.807) is 6.08 Å². The zero-order valence-electron chi connectivity index (χ0n) is 48.8. The average Bonchev–Trinajstić information content (AvgIpc) is 3.41. The number of allylic oxidation sites excluding steroid dienone is 19. The minimum absolute atomic E-state index is 0.114. The summed E-state index contributed by atoms with van der Waals surface area (Å²) < 4.78 is 16.8. The van der Waals surface area contributed by atoms with Gasteiger partial charge in [-0.3, -0.25) is 14.4 Å². The third-order valence-corrected chi connectivity index (χ3v) is 13.0. The minimum atomic E-state index is -0.825. The van der Waals surface area contributed by atoms with Crippen LogP contribution in [-0.2, 0) is 28.6 Å². The van der Waals surface area contributed by atoms with Crippen molar-refractivity contribution in [1.29, 1.82) is 0 Å². The Bertz CT molecular complexity index is 1570. The molecule has 6 heteroatoms. The van der Waals surface area contributed by atoms with Gasteiger partial charge in [-0.25, -0.2) is 0 Å². The second-order valence-corrected chi connectivity index (χ2v) is 20.2. The van der Waals surface area contributed by atoms with Crippen LogP contribution >= 0.6 is 0 Å². The number of hydrogen-bond acceptors (Lipinski definition) is 6. The number of ether oxygens (including phenoxy) is 3. The van der Waals surface area contributed by atoms with E-state index in [1.165, 1.54) is 128 Å². The zero-order chi connectivity index (χ0) is 54.3. The van der Waals surface area contributed by atoms with Crippen LogP contribution in [0.1, 0.15) is 278 Å². The first kappa shape index (κ1) is 70.8. The van der Waals surface area contributed by atoms with Gasteiger partial charge in [0.15, 0.2) is 6.10 Å². The average molecular weight is 1040 g/mol. The van der Waals surface area contributed by atoms with E-state index >= 15 is 0 Å². The van der Waals surface area contributed by atoms with Crippen molar-refractivity contribution in [3.63, 3.8) is 0 Å². The molecule has 0 fully saturated rings. The second-order valence-electron chi connectivity index (χ2n) is 20.2. The number of carbonyl (C=O) groups excluding carboxylic acids is 3. The van der Waals surface area contributed by atoms with Crippen molar-refractivity contribution in [3.05, 3.63) is 122 Å². The molecule has 0 spiro atoms. The highest BCUT2D eigenvalue weighted by molar-refractivity contribution is 5.72. The number of carbonyl (C=O) groups is 3. The Morgan fingerprint density at radius 1 is 0.293 bits per heavy atom. The molecule has 6 nitrogen and oxygen atoms in total. The van der Waals surface area contributed by atoms with E-state index in [-0.39, 0.29) is 31.6 Å². The van der Waals surface area contributed by atoms with E-state index in [0.717, 1.165) is 109 Å². The predicted octanol–water partition coefficient (Wildman–Crippen LogP) is 21.2. The maximum absolute atomic E-state index is 12.9. The van der Waals surface area contributed by atoms with Crippen molar-refractivity contribution >= 4 is 17.9 Å². The molecule has 0 aromatic carbocycles. The number of hydrogen-bond donors (Lipinski definition) is 0. The number of unbranched alkanes of at least 4 members (excludes halogenated alkanes) is 25. The molecular weight excluding hydrogens is 925 g/mol. The molecule has 75 heavy (non-hydrogen) atoms. The van der Waals surface area contributed by atoms with Crippen molar-refractivity contribution in [2.24, 2.45) is 0 Å². The van der Waals surface area contributed by atoms with Crippen molar-refractivity contribution in [2.75, 3.05) is 13.2 Å². The summed E-state index contributed by atoms with van der Waals surface area (Å²) in [6, 6.07) is 0. The Morgan fingerprint density at radius 2 is 0.573 bits per heavy atom. The monoisotopic (exact) mass is 1040 g/mol. The molecule has 0 N–H and O–H groups in total. The Labute approximate surface area is 462 Å². The van der Waals surface area contributed by atoms with Crippen LogP contribution in [0.4, 0.5) is 0 Å². The van der Waals surface area contributed by atoms with Gasteiger partial charge in [-0.1, -0.05) is 290 Å². The lowest BCUT2D eigenvalue weighted by atomic mass is 10.0. The van der Waals surface area contributed by atoms with Crippen LogP contribution in [0.2, 0.25) is 0 Å². The molecule has 0 aromatic rings. The van der Waals surface area contributed by atoms with Gasteiger partial charge in [0.2, 0.25) is 0 Å². The predicted molar refractivity (Wildman–Crippen MR) is 325 cm³/mol. The highest BCUT2D eigenvalue weighted by Gasteiger charge is 2.19. The lowest BCUT2D eigenvalue weighted by Gasteiger charge is -2.18. The largest absolute Gasteiger partial charge is 0.462 e. The zero-order valence-corrected chi connectivity index (χ0v) is 48.8. The summed E-state index contributed by atoms with van der Waals surface area (Å²) in [7, 11) is 0. The molecule has 0 saturated carbocycles. The fourth-order valence-electron chi connectivity index (χ4n) is 8.43. The Balaban J connectivity index is 4.46. The van der Waals surface area contributed by atoms with Crippen molar-refractivity contribution in [3.8, 4) is 0 Å². The van der Waals surface area contributed by atoms with E-state index in [1.807, 2.05) is 6.08 Å². The van der Waals surface area contributed by atoms with Crippen LogP contribution in [0.5, 0.6) is 0 Å². The smallest absolute Gasteiger partial charge is 0.309 e. The quantitative estimate of drug-likeness (QED) is 0.0261. The van der Waals surface area contributed by atoms with Crippen LogP contribution in [-0.4, -0.2) is 37.2 Å². The van der Waals surface area contributed by atoms with E-state index in [2.05, 4.69) is 130 Å². The lowest BCUT2D eigenvalue weighted by molar-refractivity contribution is -0.166. The fourth-order valence-corrected chi connectivity index (χ4v) is 8.43. The van der Waals surface area contributed by atoms with Crippen molar-refractivity contribution in [1.82, 2.24) is 0 Å². The molecule has 1 unspecified atom stereocenters. The third kappa shape index (κ3) is 60.6. The van der Waals surface area contributed by atoms with Gasteiger partial charge >= 0.3 is 17.9 Å². The minimum Gasteiger partial charge on any atom is -0.462 e. The van der Waals surface area contributed by atoms with Gasteiger partial charge in [0, 0.05) is 12.8 Å². The van der Waals surface area contributed by atoms with Crippen LogP contribution in [0, 0.1) is 0 Å². The van der Waals surface area contributed by atoms with Crippen LogP contribution in [0.15, 0.2) is 122 Å². The summed E-state index contributed by atoms with van der Waals surface area (Å²) in [4.78, 5) is 38.2. The summed E-state index contributed by atoms with van der Waals surface area (Å²) in [5.74, 6) is -1.05. The molecule has 0 saturated heterocycles. The van der Waals surface area contributed by atoms with Crippen LogP contribution < -0.4 is 0 Å². The first-order valence-corrected chi connectivity index (χ1v) is 31.0. The topological polar surface area (TPSA) is 78.9 Å². The van der Waals surface area contributed by atoms with Crippen molar-refractivity contribution in [2.45, 2.75) is 284 Å². The van der Waals surface area contributed by atoms with Gasteiger partial charge in [0.05, 0.1) is 6.42 Å². The van der Waals surface area contributed by atoms with Crippen molar-refractivity contribution < 1.29 is 28.6 Å². The molecule has 0 aromatic heterocycles. The lowest BCUT2D eigenvalue weighted by Crippen LogP contribution is -2.30. The van der Waals surface area contributed by atoms with Gasteiger partial charge in [-0.05, 0) is 89.9 Å². The first-order valence-electron chi connectivity index (χ1n) is 31.0. The molecule has 0 heterocycles. The molecule has 0 bridgehead atoms. The second kappa shape index (κ2) is 62.4. The highest BCUT2D eigenvalue weighted by Crippen LogP contribution is 2.16. The molecule has 0 aliphatic heterocycles. The maximum Gasteiger partial charge on any atom is 0.309 e. The van der Waals surface area contributed by atoms with E-state index in [9.17, 15) is 14.4 Å². The van der Waals surface area contributed by atoms with Gasteiger partial charge in [0.25, 0.3) is 0 Å². The van der Waals surface area contributed by atoms with Gasteiger partial charge in [-0.2, -0.15) is 0 Å². The normalized spacial score (nSPS) is 12.9. The molecule has 426 valence electrons. The summed E-state index contributed by atoms with van der Waals surface area (Å²) in [5, 5.41) is 0. The molecular formula is C69H114O6. The molecule has 0 amide bonds. The highest BCUT2D eigenvalue weighted by atomic mass is 16.6. The summed E-state index contributed by atoms with van der Waals surface area (Å²) in [6.45, 7) is 6.33. The molecule has 0 rings (SSSR count). The standard InChI is InChI=1S/C69H114O6/c1-4-7-10-13-16-19-22-25-28-30-32-33-34-35-37-38-41-44-47-50-53-56-59-62-68(71)74-65-66(64-73-67(70)61-58-55-52-49-46-43-40-27-24-21-18-15-12-9-6-3)75-69(72)63-60-57-54-51-48-45-42-39-36-31-29-26-23-20-17-14-11-8-5-2/h7,9-10,12,16,18-19,21,25,27-28,32-33,35,37,40,46,49,55,58,66H,4-6,8,11,13-15,17,20,22-24,26,29-31,34,36,38-39,41-45,47-48,50-54,56-57,59-65H2,1-3H3/b10-7-,12-9-,19-16-,21-18-,28-25-,33-32-,37-35-,40-27-,49-46-,58-55-. The van der Waals surface area contributed by atoms with E-state index in [4.69, 9.17) is 14.2 Å². The maximum atomic E-state index is 12.9. The van der Waals surface area contributed by atoms with Gasteiger partial charge in [-0.15, -0.1) is 0 Å². The molecule has 1 atom stereocenters. The summed E-state index contributed by atoms with van der Waals surface area (Å²) >= 11 is 0. The summed E-state index contributed by atoms with van der Waals surface area (Å²) in [5.41, 5.74) is 0. The SMILES string of the molecule is CC/C=C\C/C=C\C/C=C\C/C=C\C/C=C\CCCCCCCCCC(=O)OCC(COC(=O)C/C=C\C/C=C\C/C=C\C/C=C\C/C=C\CC)OC(=O)CCCCCCCCCCCCCCCCCCCCC. The molecule has 0 aliphatic rings. The number of esters is 3.